The van der Waals surface area contributed by atoms with E-state index in [1.165, 1.54) is 0 Å². The SMILES string of the molecule is Cc1cccc(C(=O)NC(=S)Nc2ccc3c(c2)OCCO3)c1. The minimum atomic E-state index is -0.247. The van der Waals surface area contributed by atoms with Crippen LogP contribution in [0.5, 0.6) is 11.5 Å². The van der Waals surface area contributed by atoms with Crippen LogP contribution in [0, 0.1) is 6.92 Å². The molecular weight excluding hydrogens is 312 g/mol. The first-order chi connectivity index (χ1) is 11.1. The normalized spacial score (nSPS) is 12.4. The third kappa shape index (κ3) is 3.78. The summed E-state index contributed by atoms with van der Waals surface area (Å²) in [6, 6.07) is 12.7. The summed E-state index contributed by atoms with van der Waals surface area (Å²) in [7, 11) is 0. The van der Waals surface area contributed by atoms with Gasteiger partial charge in [-0.2, -0.15) is 0 Å². The zero-order valence-corrected chi connectivity index (χ0v) is 13.4. The molecule has 0 aromatic heterocycles. The summed E-state index contributed by atoms with van der Waals surface area (Å²) >= 11 is 5.18. The third-order valence-electron chi connectivity index (χ3n) is 3.31. The van der Waals surface area contributed by atoms with Gasteiger partial charge in [0.1, 0.15) is 13.2 Å². The van der Waals surface area contributed by atoms with Gasteiger partial charge in [0.05, 0.1) is 0 Å². The number of benzene rings is 2. The number of fused-ring (bicyclic) bond motifs is 1. The first-order valence-corrected chi connectivity index (χ1v) is 7.61. The zero-order chi connectivity index (χ0) is 16.2. The lowest BCUT2D eigenvalue weighted by atomic mass is 10.1. The van der Waals surface area contributed by atoms with Crippen LogP contribution in [0.15, 0.2) is 42.5 Å². The molecular formula is C17H16N2O3S. The van der Waals surface area contributed by atoms with E-state index in [9.17, 15) is 4.79 Å². The Bertz CT molecular complexity index is 761. The van der Waals surface area contributed by atoms with Gasteiger partial charge in [-0.25, -0.2) is 0 Å². The molecule has 0 aliphatic carbocycles. The van der Waals surface area contributed by atoms with Gasteiger partial charge in [-0.15, -0.1) is 0 Å². The van der Waals surface area contributed by atoms with Crippen molar-refractivity contribution in [2.75, 3.05) is 18.5 Å². The summed E-state index contributed by atoms with van der Waals surface area (Å²) in [5, 5.41) is 5.86. The summed E-state index contributed by atoms with van der Waals surface area (Å²) in [6.07, 6.45) is 0. The number of carbonyl (C=O) groups is 1. The van der Waals surface area contributed by atoms with E-state index in [1.54, 1.807) is 12.1 Å². The van der Waals surface area contributed by atoms with Gasteiger partial charge in [0, 0.05) is 17.3 Å². The Morgan fingerprint density at radius 3 is 2.65 bits per heavy atom. The van der Waals surface area contributed by atoms with Gasteiger partial charge in [0.15, 0.2) is 16.6 Å². The van der Waals surface area contributed by atoms with Crippen LogP contribution < -0.4 is 20.1 Å². The van der Waals surface area contributed by atoms with Crippen LogP contribution in [0.1, 0.15) is 15.9 Å². The fraction of sp³-hybridized carbons (Fsp3) is 0.176. The van der Waals surface area contributed by atoms with Gasteiger partial charge in [-0.05, 0) is 43.4 Å². The van der Waals surface area contributed by atoms with Crippen molar-refractivity contribution in [2.45, 2.75) is 6.92 Å². The van der Waals surface area contributed by atoms with E-state index in [4.69, 9.17) is 21.7 Å². The summed E-state index contributed by atoms with van der Waals surface area (Å²) in [4.78, 5) is 12.1. The maximum absolute atomic E-state index is 12.1. The molecule has 118 valence electrons. The minimum absolute atomic E-state index is 0.230. The van der Waals surface area contributed by atoms with Gasteiger partial charge >= 0.3 is 0 Å². The van der Waals surface area contributed by atoms with Crippen LogP contribution in [-0.4, -0.2) is 24.2 Å². The molecule has 0 unspecified atom stereocenters. The van der Waals surface area contributed by atoms with Gasteiger partial charge < -0.3 is 14.8 Å². The number of thiocarbonyl (C=S) groups is 1. The average Bonchev–Trinajstić information content (AvgIpc) is 2.54. The Morgan fingerprint density at radius 2 is 1.87 bits per heavy atom. The second-order valence-electron chi connectivity index (χ2n) is 5.14. The number of rotatable bonds is 2. The smallest absolute Gasteiger partial charge is 0.257 e. The molecule has 0 atom stereocenters. The second-order valence-corrected chi connectivity index (χ2v) is 5.54. The van der Waals surface area contributed by atoms with E-state index in [-0.39, 0.29) is 11.0 Å². The highest BCUT2D eigenvalue weighted by Gasteiger charge is 2.13. The third-order valence-corrected chi connectivity index (χ3v) is 3.51. The Balaban J connectivity index is 1.64. The Kier molecular flexibility index (Phi) is 4.43. The quantitative estimate of drug-likeness (QED) is 0.830. The van der Waals surface area contributed by atoms with E-state index in [0.29, 0.717) is 30.3 Å². The molecule has 0 saturated heterocycles. The predicted octanol–water partition coefficient (Wildman–Crippen LogP) is 2.89. The number of nitrogens with one attached hydrogen (secondary N) is 2. The van der Waals surface area contributed by atoms with Crippen molar-refractivity contribution in [3.8, 4) is 11.5 Å². The molecule has 5 nitrogen and oxygen atoms in total. The van der Waals surface area contributed by atoms with Crippen LogP contribution in [0.3, 0.4) is 0 Å². The van der Waals surface area contributed by atoms with E-state index in [0.717, 1.165) is 11.3 Å². The Labute approximate surface area is 139 Å². The first kappa shape index (κ1) is 15.3. The van der Waals surface area contributed by atoms with Gasteiger partial charge in [-0.3, -0.25) is 10.1 Å². The largest absolute Gasteiger partial charge is 0.486 e. The molecule has 2 aromatic carbocycles. The maximum atomic E-state index is 12.1. The molecule has 1 amide bonds. The number of hydrogen-bond donors (Lipinski definition) is 2. The Hall–Kier alpha value is -2.60. The molecule has 0 bridgehead atoms. The molecule has 3 rings (SSSR count). The topological polar surface area (TPSA) is 59.6 Å². The van der Waals surface area contributed by atoms with Gasteiger partial charge in [0.25, 0.3) is 5.91 Å². The number of amides is 1. The fourth-order valence-corrected chi connectivity index (χ4v) is 2.46. The molecule has 0 spiro atoms. The van der Waals surface area contributed by atoms with E-state index in [2.05, 4.69) is 10.6 Å². The molecule has 1 aliphatic heterocycles. The summed E-state index contributed by atoms with van der Waals surface area (Å²) in [6.45, 7) is 3.00. The molecule has 0 saturated carbocycles. The molecule has 0 fully saturated rings. The summed E-state index contributed by atoms with van der Waals surface area (Å²) in [5.41, 5.74) is 2.31. The Morgan fingerprint density at radius 1 is 1.09 bits per heavy atom. The summed E-state index contributed by atoms with van der Waals surface area (Å²) in [5.74, 6) is 1.12. The van der Waals surface area contributed by atoms with E-state index >= 15 is 0 Å². The standard InChI is InChI=1S/C17H16N2O3S/c1-11-3-2-4-12(9-11)16(20)19-17(23)18-13-5-6-14-15(10-13)22-8-7-21-14/h2-6,9-10H,7-8H2,1H3,(H2,18,19,20,23). The predicted molar refractivity (Wildman–Crippen MR) is 92.3 cm³/mol. The molecule has 6 heteroatoms. The minimum Gasteiger partial charge on any atom is -0.486 e. The van der Waals surface area contributed by atoms with Crippen molar-refractivity contribution in [1.82, 2.24) is 5.32 Å². The first-order valence-electron chi connectivity index (χ1n) is 7.20. The number of aryl methyl sites for hydroxylation is 1. The highest BCUT2D eigenvalue weighted by atomic mass is 32.1. The van der Waals surface area contributed by atoms with E-state index < -0.39 is 0 Å². The number of ether oxygens (including phenoxy) is 2. The average molecular weight is 328 g/mol. The lowest BCUT2D eigenvalue weighted by molar-refractivity contribution is 0.0977. The van der Waals surface area contributed by atoms with Crippen LogP contribution in [0.25, 0.3) is 0 Å². The summed E-state index contributed by atoms with van der Waals surface area (Å²) < 4.78 is 11.0. The van der Waals surface area contributed by atoms with Crippen LogP contribution in [0.2, 0.25) is 0 Å². The van der Waals surface area contributed by atoms with Crippen molar-refractivity contribution < 1.29 is 14.3 Å². The van der Waals surface area contributed by atoms with Crippen LogP contribution >= 0.6 is 12.2 Å². The van der Waals surface area contributed by atoms with Crippen LogP contribution in [0.4, 0.5) is 5.69 Å². The number of hydrogen-bond acceptors (Lipinski definition) is 4. The molecule has 1 aliphatic rings. The molecule has 23 heavy (non-hydrogen) atoms. The van der Waals surface area contributed by atoms with Crippen molar-refractivity contribution in [2.24, 2.45) is 0 Å². The highest BCUT2D eigenvalue weighted by molar-refractivity contribution is 7.80. The van der Waals surface area contributed by atoms with Crippen molar-refractivity contribution in [3.05, 3.63) is 53.6 Å². The molecule has 2 aromatic rings. The maximum Gasteiger partial charge on any atom is 0.257 e. The fourth-order valence-electron chi connectivity index (χ4n) is 2.25. The van der Waals surface area contributed by atoms with Crippen LogP contribution in [-0.2, 0) is 0 Å². The van der Waals surface area contributed by atoms with Crippen molar-refractivity contribution >= 4 is 28.9 Å². The lowest BCUT2D eigenvalue weighted by Gasteiger charge is -2.19. The molecule has 0 radical (unpaired) electrons. The van der Waals surface area contributed by atoms with Gasteiger partial charge in [0.2, 0.25) is 0 Å². The van der Waals surface area contributed by atoms with Crippen molar-refractivity contribution in [1.29, 1.82) is 0 Å². The van der Waals surface area contributed by atoms with Crippen molar-refractivity contribution in [3.63, 3.8) is 0 Å². The lowest BCUT2D eigenvalue weighted by Crippen LogP contribution is -2.34. The zero-order valence-electron chi connectivity index (χ0n) is 12.6. The number of carbonyl (C=O) groups excluding carboxylic acids is 1. The van der Waals surface area contributed by atoms with Gasteiger partial charge in [-0.1, -0.05) is 17.7 Å². The highest BCUT2D eigenvalue weighted by Crippen LogP contribution is 2.32. The molecule has 1 heterocycles. The second kappa shape index (κ2) is 6.66. The van der Waals surface area contributed by atoms with E-state index in [1.807, 2.05) is 37.3 Å². The monoisotopic (exact) mass is 328 g/mol. The number of anilines is 1. The molecule has 2 N–H and O–H groups in total.